The summed E-state index contributed by atoms with van der Waals surface area (Å²) >= 11 is 0. The zero-order chi connectivity index (χ0) is 12.8. The lowest BCUT2D eigenvalue weighted by molar-refractivity contribution is -0.144. The van der Waals surface area contributed by atoms with E-state index in [1.54, 1.807) is 19.1 Å². The maximum atomic E-state index is 12.9. The fourth-order valence-electron chi connectivity index (χ4n) is 1.47. The van der Waals surface area contributed by atoms with Gasteiger partial charge in [0.05, 0.1) is 0 Å². The molecule has 4 nitrogen and oxygen atoms in total. The Morgan fingerprint density at radius 3 is 2.65 bits per heavy atom. The monoisotopic (exact) mass is 239 g/mol. The van der Waals surface area contributed by atoms with Crippen molar-refractivity contribution in [3.63, 3.8) is 0 Å². The third kappa shape index (κ3) is 4.22. The van der Waals surface area contributed by atoms with Crippen LogP contribution in [0.1, 0.15) is 18.9 Å². The van der Waals surface area contributed by atoms with E-state index in [1.807, 2.05) is 0 Å². The molecule has 0 spiro atoms. The minimum absolute atomic E-state index is 0.223. The molecule has 0 radical (unpaired) electrons. The molecule has 5 heteroatoms. The standard InChI is InChI=1S/C12H14FNO3/c1-2-14(11(15)7-12(16)17)8-9-4-3-5-10(13)6-9/h3-6H,2,7-8H2,1H3,(H,16,17). The summed E-state index contributed by atoms with van der Waals surface area (Å²) in [6.45, 7) is 2.36. The van der Waals surface area contributed by atoms with Crippen molar-refractivity contribution in [1.82, 2.24) is 4.90 Å². The summed E-state index contributed by atoms with van der Waals surface area (Å²) in [5.74, 6) is -2.00. The number of carboxylic acids is 1. The largest absolute Gasteiger partial charge is 0.481 e. The first-order valence-electron chi connectivity index (χ1n) is 5.27. The zero-order valence-corrected chi connectivity index (χ0v) is 9.52. The Kier molecular flexibility index (Phi) is 4.63. The molecule has 92 valence electrons. The first-order chi connectivity index (χ1) is 8.02. The summed E-state index contributed by atoms with van der Waals surface area (Å²) in [5.41, 5.74) is 0.644. The van der Waals surface area contributed by atoms with Gasteiger partial charge in [-0.05, 0) is 24.6 Å². The van der Waals surface area contributed by atoms with Crippen molar-refractivity contribution in [3.8, 4) is 0 Å². The normalized spacial score (nSPS) is 10.0. The van der Waals surface area contributed by atoms with Crippen LogP contribution in [0.25, 0.3) is 0 Å². The Morgan fingerprint density at radius 1 is 1.41 bits per heavy atom. The van der Waals surface area contributed by atoms with Crippen molar-refractivity contribution in [2.24, 2.45) is 0 Å². The second kappa shape index (κ2) is 5.98. The van der Waals surface area contributed by atoms with Gasteiger partial charge in [0.25, 0.3) is 0 Å². The van der Waals surface area contributed by atoms with Crippen LogP contribution in [0.4, 0.5) is 4.39 Å². The second-order valence-electron chi connectivity index (χ2n) is 3.61. The van der Waals surface area contributed by atoms with E-state index in [4.69, 9.17) is 5.11 Å². The molecule has 1 rings (SSSR count). The highest BCUT2D eigenvalue weighted by Crippen LogP contribution is 2.08. The summed E-state index contributed by atoms with van der Waals surface area (Å²) < 4.78 is 12.9. The van der Waals surface area contributed by atoms with Crippen LogP contribution in [0.2, 0.25) is 0 Å². The smallest absolute Gasteiger partial charge is 0.312 e. The van der Waals surface area contributed by atoms with Gasteiger partial charge in [-0.15, -0.1) is 0 Å². The minimum atomic E-state index is -1.16. The Morgan fingerprint density at radius 2 is 2.12 bits per heavy atom. The van der Waals surface area contributed by atoms with E-state index in [1.165, 1.54) is 17.0 Å². The van der Waals surface area contributed by atoms with Gasteiger partial charge in [-0.25, -0.2) is 4.39 Å². The summed E-state index contributed by atoms with van der Waals surface area (Å²) in [5, 5.41) is 8.53. The number of aliphatic carboxylic acids is 1. The molecule has 0 aliphatic carbocycles. The van der Waals surface area contributed by atoms with E-state index in [2.05, 4.69) is 0 Å². The third-order valence-corrected chi connectivity index (χ3v) is 2.30. The number of carbonyl (C=O) groups excluding carboxylic acids is 1. The first-order valence-corrected chi connectivity index (χ1v) is 5.27. The average Bonchev–Trinajstić information content (AvgIpc) is 2.24. The maximum absolute atomic E-state index is 12.9. The average molecular weight is 239 g/mol. The quantitative estimate of drug-likeness (QED) is 0.795. The molecule has 1 aromatic rings. The van der Waals surface area contributed by atoms with Gasteiger partial charge in [-0.3, -0.25) is 9.59 Å². The van der Waals surface area contributed by atoms with Gasteiger partial charge in [0.15, 0.2) is 0 Å². The van der Waals surface area contributed by atoms with E-state index in [-0.39, 0.29) is 12.4 Å². The summed E-state index contributed by atoms with van der Waals surface area (Å²) in [7, 11) is 0. The lowest BCUT2D eigenvalue weighted by Crippen LogP contribution is -2.31. The van der Waals surface area contributed by atoms with Crippen LogP contribution in [0.3, 0.4) is 0 Å². The van der Waals surface area contributed by atoms with Gasteiger partial charge < -0.3 is 10.0 Å². The number of nitrogens with zero attached hydrogens (tertiary/aromatic N) is 1. The van der Waals surface area contributed by atoms with Crippen LogP contribution in [0, 0.1) is 5.82 Å². The number of benzene rings is 1. The summed E-state index contributed by atoms with van der Waals surface area (Å²) in [6.07, 6.45) is -0.539. The van der Waals surface area contributed by atoms with E-state index < -0.39 is 18.3 Å². The molecule has 0 unspecified atom stereocenters. The van der Waals surface area contributed by atoms with Gasteiger partial charge in [0, 0.05) is 13.1 Å². The Labute approximate surface area is 98.7 Å². The predicted octanol–water partition coefficient (Wildman–Crippen LogP) is 1.65. The first kappa shape index (κ1) is 13.2. The Bertz CT molecular complexity index is 420. The highest BCUT2D eigenvalue weighted by atomic mass is 19.1. The van der Waals surface area contributed by atoms with E-state index >= 15 is 0 Å². The van der Waals surface area contributed by atoms with Crippen LogP contribution < -0.4 is 0 Å². The maximum Gasteiger partial charge on any atom is 0.312 e. The molecule has 0 bridgehead atoms. The molecule has 1 N–H and O–H groups in total. The van der Waals surface area contributed by atoms with Gasteiger partial charge in [0.2, 0.25) is 5.91 Å². The number of hydrogen-bond acceptors (Lipinski definition) is 2. The molecular weight excluding hydrogens is 225 g/mol. The molecular formula is C12H14FNO3. The van der Waals surface area contributed by atoms with Crippen molar-refractivity contribution in [3.05, 3.63) is 35.6 Å². The zero-order valence-electron chi connectivity index (χ0n) is 9.52. The number of rotatable bonds is 5. The molecule has 0 fully saturated rings. The van der Waals surface area contributed by atoms with Gasteiger partial charge in [-0.1, -0.05) is 12.1 Å². The Balaban J connectivity index is 2.69. The molecule has 0 aliphatic rings. The lowest BCUT2D eigenvalue weighted by atomic mass is 10.2. The molecule has 0 saturated carbocycles. The van der Waals surface area contributed by atoms with Crippen LogP contribution >= 0.6 is 0 Å². The SMILES string of the molecule is CCN(Cc1cccc(F)c1)C(=O)CC(=O)O. The van der Waals surface area contributed by atoms with Crippen molar-refractivity contribution in [1.29, 1.82) is 0 Å². The van der Waals surface area contributed by atoms with Crippen LogP contribution in [-0.4, -0.2) is 28.4 Å². The summed E-state index contributed by atoms with van der Waals surface area (Å²) in [6, 6.07) is 5.90. The van der Waals surface area contributed by atoms with E-state index in [9.17, 15) is 14.0 Å². The molecule has 1 aromatic carbocycles. The highest BCUT2D eigenvalue weighted by molar-refractivity contribution is 5.93. The topological polar surface area (TPSA) is 57.6 Å². The van der Waals surface area contributed by atoms with Crippen molar-refractivity contribution >= 4 is 11.9 Å². The van der Waals surface area contributed by atoms with E-state index in [0.717, 1.165) is 0 Å². The van der Waals surface area contributed by atoms with Crippen molar-refractivity contribution in [2.45, 2.75) is 19.9 Å². The second-order valence-corrected chi connectivity index (χ2v) is 3.61. The third-order valence-electron chi connectivity index (χ3n) is 2.30. The molecule has 0 aliphatic heterocycles. The predicted molar refractivity (Wildman–Crippen MR) is 59.7 cm³/mol. The lowest BCUT2D eigenvalue weighted by Gasteiger charge is -2.20. The molecule has 0 heterocycles. The van der Waals surface area contributed by atoms with Gasteiger partial charge in [0.1, 0.15) is 12.2 Å². The molecule has 0 atom stereocenters. The fraction of sp³-hybridized carbons (Fsp3) is 0.333. The Hall–Kier alpha value is -1.91. The molecule has 0 saturated heterocycles. The molecule has 1 amide bonds. The number of hydrogen-bond donors (Lipinski definition) is 1. The van der Waals surface area contributed by atoms with E-state index in [0.29, 0.717) is 12.1 Å². The molecule has 17 heavy (non-hydrogen) atoms. The van der Waals surface area contributed by atoms with Crippen molar-refractivity contribution in [2.75, 3.05) is 6.54 Å². The highest BCUT2D eigenvalue weighted by Gasteiger charge is 2.15. The van der Waals surface area contributed by atoms with Crippen LogP contribution in [0.5, 0.6) is 0 Å². The minimum Gasteiger partial charge on any atom is -0.481 e. The van der Waals surface area contributed by atoms with Crippen LogP contribution in [-0.2, 0) is 16.1 Å². The number of halogens is 1. The fourth-order valence-corrected chi connectivity index (χ4v) is 1.47. The number of carbonyl (C=O) groups is 2. The number of carboxylic acid groups (broad SMARTS) is 1. The van der Waals surface area contributed by atoms with Crippen molar-refractivity contribution < 1.29 is 19.1 Å². The van der Waals surface area contributed by atoms with Crippen LogP contribution in [0.15, 0.2) is 24.3 Å². The van der Waals surface area contributed by atoms with Gasteiger partial charge >= 0.3 is 5.97 Å². The summed E-state index contributed by atoms with van der Waals surface area (Å²) in [4.78, 5) is 23.3. The number of amides is 1. The van der Waals surface area contributed by atoms with Gasteiger partial charge in [-0.2, -0.15) is 0 Å². The molecule has 0 aromatic heterocycles.